The summed E-state index contributed by atoms with van der Waals surface area (Å²) in [4.78, 5) is 47.9. The van der Waals surface area contributed by atoms with Crippen molar-refractivity contribution >= 4 is 99.9 Å². The maximum Gasteiger partial charge on any atom is 0.349 e. The number of carbonyl (C=O) groups is 3. The Hall–Kier alpha value is -2.04. The monoisotopic (exact) mass is 633 g/mol. The van der Waals surface area contributed by atoms with Crippen molar-refractivity contribution in [3.63, 3.8) is 0 Å². The van der Waals surface area contributed by atoms with Gasteiger partial charge in [0, 0.05) is 20.6 Å². The van der Waals surface area contributed by atoms with Crippen LogP contribution in [-0.4, -0.2) is 60.7 Å². The molecule has 2 aliphatic heterocycles. The topological polar surface area (TPSA) is 171 Å². The van der Waals surface area contributed by atoms with E-state index < -0.39 is 23.3 Å². The van der Waals surface area contributed by atoms with Gasteiger partial charge < -0.3 is 26.7 Å². The first-order valence-electron chi connectivity index (χ1n) is 11.0. The van der Waals surface area contributed by atoms with E-state index in [9.17, 15) is 19.5 Å². The fourth-order valence-corrected chi connectivity index (χ4v) is 8.77. The number of aromatic nitrogens is 3. The Kier molecular flexibility index (Phi) is 9.47. The number of halogens is 2. The van der Waals surface area contributed by atoms with Gasteiger partial charge in [0.15, 0.2) is 0 Å². The predicted molar refractivity (Wildman–Crippen MR) is 149 cm³/mol. The van der Waals surface area contributed by atoms with E-state index in [0.717, 1.165) is 0 Å². The highest BCUT2D eigenvalue weighted by molar-refractivity contribution is 8.18. The van der Waals surface area contributed by atoms with Crippen molar-refractivity contribution in [2.45, 2.75) is 34.9 Å². The van der Waals surface area contributed by atoms with Crippen LogP contribution in [0.25, 0.3) is 0 Å². The van der Waals surface area contributed by atoms with E-state index in [1.54, 1.807) is 22.8 Å². The summed E-state index contributed by atoms with van der Waals surface area (Å²) in [6.07, 6.45) is 0. The lowest BCUT2D eigenvalue weighted by molar-refractivity contribution is -0.722. The lowest BCUT2D eigenvalue weighted by atomic mass is 10.1. The van der Waals surface area contributed by atoms with Gasteiger partial charge in [-0.05, 0) is 25.1 Å². The third kappa shape index (κ3) is 6.23. The van der Waals surface area contributed by atoms with Crippen LogP contribution in [-0.2, 0) is 20.9 Å². The summed E-state index contributed by atoms with van der Waals surface area (Å²) >= 11 is 17.3. The number of amides is 2. The molecule has 0 saturated carbocycles. The van der Waals surface area contributed by atoms with Crippen LogP contribution in [0.15, 0.2) is 38.9 Å². The SMILES string of the molecule is CC[n+]1c(N)nc(N)nc1SCSC1=C(C(=O)[O-])N2C(=O)C(NC(=O)CSc3cc(Cl)ccc3Cl)C2SC1. The molecule has 5 N–H and O–H groups in total. The third-order valence-corrected chi connectivity index (χ3v) is 10.8. The second-order valence-corrected chi connectivity index (χ2v) is 13.1. The van der Waals surface area contributed by atoms with Crippen molar-refractivity contribution in [1.29, 1.82) is 0 Å². The fourth-order valence-electron chi connectivity index (χ4n) is 3.66. The molecule has 38 heavy (non-hydrogen) atoms. The van der Waals surface area contributed by atoms with Crippen molar-refractivity contribution in [2.75, 3.05) is 28.1 Å². The van der Waals surface area contributed by atoms with E-state index in [1.807, 2.05) is 6.92 Å². The summed E-state index contributed by atoms with van der Waals surface area (Å²) in [5.74, 6) is -1.72. The smallest absolute Gasteiger partial charge is 0.349 e. The van der Waals surface area contributed by atoms with Crippen molar-refractivity contribution < 1.29 is 24.1 Å². The highest BCUT2D eigenvalue weighted by Gasteiger charge is 2.52. The zero-order chi connectivity index (χ0) is 27.6. The Labute approximate surface area is 244 Å². The molecule has 1 fully saturated rings. The Balaban J connectivity index is 1.38. The van der Waals surface area contributed by atoms with Gasteiger partial charge in [-0.2, -0.15) is 0 Å². The summed E-state index contributed by atoms with van der Waals surface area (Å²) in [7, 11) is 0. The zero-order valence-corrected chi connectivity index (χ0v) is 24.5. The molecule has 1 aromatic heterocycles. The summed E-state index contributed by atoms with van der Waals surface area (Å²) in [5.41, 5.74) is 11.4. The first kappa shape index (κ1) is 29.0. The molecule has 1 aromatic carbocycles. The number of thioether (sulfide) groups is 4. The van der Waals surface area contributed by atoms with Crippen molar-refractivity contribution in [2.24, 2.45) is 0 Å². The molecule has 2 aromatic rings. The fraction of sp³-hybridized carbons (Fsp3) is 0.333. The maximum atomic E-state index is 12.9. The third-order valence-electron chi connectivity index (χ3n) is 5.38. The number of carboxylic acids is 1. The number of rotatable bonds is 10. The molecule has 202 valence electrons. The second-order valence-electron chi connectivity index (χ2n) is 7.75. The lowest BCUT2D eigenvalue weighted by Crippen LogP contribution is -2.71. The molecular weight excluding hydrogens is 613 g/mol. The quantitative estimate of drug-likeness (QED) is 0.148. The van der Waals surface area contributed by atoms with Crippen LogP contribution in [0.3, 0.4) is 0 Å². The highest BCUT2D eigenvalue weighted by Crippen LogP contribution is 2.44. The number of anilines is 2. The largest absolute Gasteiger partial charge is 0.543 e. The number of nitrogen functional groups attached to an aromatic ring is 2. The Morgan fingerprint density at radius 3 is 2.74 bits per heavy atom. The van der Waals surface area contributed by atoms with Crippen molar-refractivity contribution in [3.05, 3.63) is 38.8 Å². The normalized spacial score (nSPS) is 18.7. The number of nitrogens with one attached hydrogen (secondary N) is 1. The first-order valence-corrected chi connectivity index (χ1v) is 15.7. The molecule has 1 saturated heterocycles. The van der Waals surface area contributed by atoms with E-state index in [-0.39, 0.29) is 29.3 Å². The molecule has 0 spiro atoms. The number of hydrogen-bond donors (Lipinski definition) is 3. The average molecular weight is 635 g/mol. The molecular formula is C21H21Cl2N7O4S4. The lowest BCUT2D eigenvalue weighted by Gasteiger charge is -2.50. The van der Waals surface area contributed by atoms with Gasteiger partial charge in [0.1, 0.15) is 11.4 Å². The molecule has 0 aliphatic carbocycles. The second kappa shape index (κ2) is 12.4. The molecule has 2 amide bonds. The minimum absolute atomic E-state index is 0.0125. The Morgan fingerprint density at radius 1 is 1.26 bits per heavy atom. The van der Waals surface area contributed by atoms with E-state index in [2.05, 4.69) is 15.3 Å². The number of benzene rings is 1. The molecule has 2 unspecified atom stereocenters. The van der Waals surface area contributed by atoms with Gasteiger partial charge in [-0.1, -0.05) is 44.9 Å². The number of nitrogens with zero attached hydrogens (tertiary/aromatic N) is 4. The van der Waals surface area contributed by atoms with Gasteiger partial charge >= 0.3 is 11.9 Å². The van der Waals surface area contributed by atoms with Gasteiger partial charge in [-0.25, -0.2) is 4.57 Å². The minimum Gasteiger partial charge on any atom is -0.543 e. The van der Waals surface area contributed by atoms with E-state index >= 15 is 0 Å². The predicted octanol–water partition coefficient (Wildman–Crippen LogP) is 1.19. The standard InChI is InChI=1S/C21H21Cl2N7O4S4/c1-2-29-20(25)27-19(24)28-21(29)38-8-37-12-6-36-17-14(16(32)30(17)15(12)18(33)34)26-13(31)7-35-11-5-9(22)3-4-10(11)23/h3-5,14,17H,2,6-8H2,1H3,(H5,24,25,26,27,31,33,34). The van der Waals surface area contributed by atoms with Gasteiger partial charge in [0.2, 0.25) is 5.91 Å². The number of hydrogen-bond acceptors (Lipinski definition) is 12. The number of fused-ring (bicyclic) bond motifs is 1. The first-order chi connectivity index (χ1) is 18.1. The Bertz CT molecular complexity index is 1330. The molecule has 2 aliphatic rings. The number of aliphatic carboxylic acids is 1. The zero-order valence-electron chi connectivity index (χ0n) is 19.7. The van der Waals surface area contributed by atoms with Crippen LogP contribution >= 0.6 is 70.2 Å². The summed E-state index contributed by atoms with van der Waals surface area (Å²) in [6, 6.07) is 4.10. The van der Waals surface area contributed by atoms with E-state index in [4.69, 9.17) is 34.7 Å². The number of carboxylic acid groups (broad SMARTS) is 1. The molecule has 11 nitrogen and oxygen atoms in total. The van der Waals surface area contributed by atoms with E-state index in [0.29, 0.717) is 42.4 Å². The highest BCUT2D eigenvalue weighted by atomic mass is 35.5. The van der Waals surface area contributed by atoms with Gasteiger partial charge in [-0.3, -0.25) is 14.5 Å². The van der Waals surface area contributed by atoms with Crippen LogP contribution in [0.2, 0.25) is 10.0 Å². The van der Waals surface area contributed by atoms with Crippen LogP contribution in [0.4, 0.5) is 11.9 Å². The Morgan fingerprint density at radius 2 is 2.03 bits per heavy atom. The van der Waals surface area contributed by atoms with Crippen LogP contribution in [0, 0.1) is 0 Å². The molecule has 0 bridgehead atoms. The molecule has 2 atom stereocenters. The molecule has 3 heterocycles. The molecule has 0 radical (unpaired) electrons. The van der Waals surface area contributed by atoms with Gasteiger partial charge in [0.05, 0.1) is 34.1 Å². The number of β-lactam (4-membered cyclic amide) rings is 1. The molecule has 17 heteroatoms. The molecule has 4 rings (SSSR count). The van der Waals surface area contributed by atoms with Crippen molar-refractivity contribution in [1.82, 2.24) is 20.2 Å². The summed E-state index contributed by atoms with van der Waals surface area (Å²) < 4.78 is 1.69. The van der Waals surface area contributed by atoms with Crippen LogP contribution in [0.1, 0.15) is 6.92 Å². The summed E-state index contributed by atoms with van der Waals surface area (Å²) in [6.45, 7) is 2.42. The minimum atomic E-state index is -1.45. The summed E-state index contributed by atoms with van der Waals surface area (Å²) in [5, 5.41) is 16.0. The number of carbonyl (C=O) groups excluding carboxylic acids is 3. The number of nitrogens with two attached hydrogens (primary N) is 2. The van der Waals surface area contributed by atoms with Gasteiger partial charge in [0.25, 0.3) is 11.1 Å². The van der Waals surface area contributed by atoms with Crippen LogP contribution < -0.4 is 26.5 Å². The van der Waals surface area contributed by atoms with Crippen LogP contribution in [0.5, 0.6) is 0 Å². The van der Waals surface area contributed by atoms with Gasteiger partial charge in [-0.15, -0.1) is 35.3 Å². The maximum absolute atomic E-state index is 12.9. The van der Waals surface area contributed by atoms with Crippen molar-refractivity contribution in [3.8, 4) is 0 Å². The average Bonchev–Trinajstić information content (AvgIpc) is 2.87. The van der Waals surface area contributed by atoms with E-state index in [1.165, 1.54) is 51.9 Å².